The fourth-order valence-electron chi connectivity index (χ4n) is 11.0. The molecule has 0 aliphatic heterocycles. The summed E-state index contributed by atoms with van der Waals surface area (Å²) in [7, 11) is 0. The highest BCUT2D eigenvalue weighted by molar-refractivity contribution is 9.10. The highest BCUT2D eigenvalue weighted by atomic mass is 79.9. The third-order valence-corrected chi connectivity index (χ3v) is 14.5. The first-order valence-electron chi connectivity index (χ1n) is 23.3. The minimum absolute atomic E-state index is 0.600. The summed E-state index contributed by atoms with van der Waals surface area (Å²) in [6, 6.07) is 70.0. The number of aromatic nitrogens is 3. The van der Waals surface area contributed by atoms with Gasteiger partial charge in [-0.2, -0.15) is 5.26 Å². The lowest BCUT2D eigenvalue weighted by molar-refractivity contribution is 0.672. The average molecular weight is 986 g/mol. The maximum Gasteiger partial charge on any atom is 0.188 e. The number of fused-ring (bicyclic) bond motifs is 17. The molecule has 5 aromatic heterocycles. The molecule has 0 unspecified atom stereocenters. The van der Waals surface area contributed by atoms with E-state index in [-0.39, 0.29) is 0 Å². The molecule has 15 rings (SSSR count). The van der Waals surface area contributed by atoms with Crippen LogP contribution in [-0.2, 0) is 0 Å². The Morgan fingerprint density at radius 3 is 1.38 bits per heavy atom. The quantitative estimate of drug-likeness (QED) is 0.166. The molecule has 0 saturated carbocycles. The van der Waals surface area contributed by atoms with Gasteiger partial charge in [-0.05, 0) is 121 Å². The van der Waals surface area contributed by atoms with Gasteiger partial charge in [0.2, 0.25) is 0 Å². The second-order valence-electron chi connectivity index (χ2n) is 17.9. The van der Waals surface area contributed by atoms with Gasteiger partial charge in [-0.25, -0.2) is 9.69 Å². The lowest BCUT2D eigenvalue weighted by Gasteiger charge is -2.12. The SMILES string of the molecule is [C-]#[N+]c1ccc2oc3c(ccc4c3c3ccccc3n4-c3cccc(-n4c5ccccc5c5cc(C#N)ccc54)c3)c2c1.[C-]#[N+]c1ccc2oc3c(ccc4c3c3ccccc3n4-c3cccc(Br)c3)c2c1. The van der Waals surface area contributed by atoms with Crippen molar-refractivity contribution in [1.82, 2.24) is 13.7 Å². The van der Waals surface area contributed by atoms with E-state index in [1.54, 1.807) is 12.1 Å². The van der Waals surface area contributed by atoms with E-state index >= 15 is 0 Å². The summed E-state index contributed by atoms with van der Waals surface area (Å²) in [6.45, 7) is 14.8. The van der Waals surface area contributed by atoms with E-state index < -0.39 is 0 Å². The van der Waals surface area contributed by atoms with Crippen molar-refractivity contribution in [3.63, 3.8) is 0 Å². The molecule has 0 atom stereocenters. The molecular weight excluding hydrogens is 953 g/mol. The summed E-state index contributed by atoms with van der Waals surface area (Å²) in [5.41, 5.74) is 14.8. The molecule has 72 heavy (non-hydrogen) atoms. The molecule has 0 aliphatic rings. The van der Waals surface area contributed by atoms with Gasteiger partial charge in [0.15, 0.2) is 11.4 Å². The van der Waals surface area contributed by atoms with E-state index in [0.29, 0.717) is 16.9 Å². The zero-order chi connectivity index (χ0) is 48.2. The Morgan fingerprint density at radius 1 is 0.389 bits per heavy atom. The number of hydrogen-bond donors (Lipinski definition) is 0. The molecule has 0 saturated heterocycles. The van der Waals surface area contributed by atoms with Gasteiger partial charge in [0.1, 0.15) is 22.3 Å². The van der Waals surface area contributed by atoms with Crippen LogP contribution in [0.2, 0.25) is 0 Å². The monoisotopic (exact) mass is 984 g/mol. The molecule has 10 aromatic carbocycles. The Kier molecular flexibility index (Phi) is 9.06. The van der Waals surface area contributed by atoms with Crippen molar-refractivity contribution >= 4 is 137 Å². The van der Waals surface area contributed by atoms with Gasteiger partial charge < -0.3 is 22.5 Å². The number of nitrogens with zero attached hydrogens (tertiary/aromatic N) is 6. The number of hydrogen-bond acceptors (Lipinski definition) is 3. The summed E-state index contributed by atoms with van der Waals surface area (Å²) < 4.78 is 20.7. The van der Waals surface area contributed by atoms with Gasteiger partial charge in [0.05, 0.1) is 68.6 Å². The van der Waals surface area contributed by atoms with E-state index in [4.69, 9.17) is 22.0 Å². The summed E-state index contributed by atoms with van der Waals surface area (Å²) in [5.74, 6) is 0. The molecular formula is C63H33BrN6O2. The molecule has 5 heterocycles. The van der Waals surface area contributed by atoms with Gasteiger partial charge in [-0.15, -0.1) is 0 Å². The minimum atomic E-state index is 0.600. The molecule has 0 aliphatic carbocycles. The van der Waals surface area contributed by atoms with E-state index in [9.17, 15) is 5.26 Å². The van der Waals surface area contributed by atoms with Crippen LogP contribution < -0.4 is 0 Å². The van der Waals surface area contributed by atoms with Crippen molar-refractivity contribution in [2.24, 2.45) is 0 Å². The maximum absolute atomic E-state index is 9.56. The molecule has 0 bridgehead atoms. The molecule has 8 nitrogen and oxygen atoms in total. The van der Waals surface area contributed by atoms with E-state index in [1.807, 2.05) is 60.7 Å². The van der Waals surface area contributed by atoms with Crippen LogP contribution in [0.3, 0.4) is 0 Å². The number of benzene rings is 10. The van der Waals surface area contributed by atoms with Crippen LogP contribution in [0.4, 0.5) is 11.4 Å². The van der Waals surface area contributed by atoms with Crippen molar-refractivity contribution in [3.8, 4) is 23.1 Å². The lowest BCUT2D eigenvalue weighted by Crippen LogP contribution is -1.98. The molecule has 0 N–H and O–H groups in total. The molecule has 334 valence electrons. The van der Waals surface area contributed by atoms with Gasteiger partial charge in [-0.3, -0.25) is 0 Å². The predicted molar refractivity (Wildman–Crippen MR) is 295 cm³/mol. The topological polar surface area (TPSA) is 73.6 Å². The Morgan fingerprint density at radius 2 is 0.847 bits per heavy atom. The molecule has 0 spiro atoms. The third-order valence-electron chi connectivity index (χ3n) is 14.0. The Balaban J connectivity index is 0.000000144. The highest BCUT2D eigenvalue weighted by Gasteiger charge is 2.22. The number of nitriles is 1. The van der Waals surface area contributed by atoms with Gasteiger partial charge in [0, 0.05) is 64.6 Å². The van der Waals surface area contributed by atoms with Gasteiger partial charge >= 0.3 is 0 Å². The zero-order valence-corrected chi connectivity index (χ0v) is 39.5. The second kappa shape index (κ2) is 15.8. The lowest BCUT2D eigenvalue weighted by atomic mass is 10.1. The Bertz CT molecular complexity index is 4940. The fourth-order valence-corrected chi connectivity index (χ4v) is 11.3. The van der Waals surface area contributed by atoms with Crippen molar-refractivity contribution in [1.29, 1.82) is 5.26 Å². The normalized spacial score (nSPS) is 11.6. The Hall–Kier alpha value is -9.85. The largest absolute Gasteiger partial charge is 0.455 e. The third kappa shape index (κ3) is 6.07. The smallest absolute Gasteiger partial charge is 0.188 e. The van der Waals surface area contributed by atoms with E-state index in [0.717, 1.165) is 131 Å². The summed E-state index contributed by atoms with van der Waals surface area (Å²) in [4.78, 5) is 7.20. The summed E-state index contributed by atoms with van der Waals surface area (Å²) in [6.07, 6.45) is 0. The zero-order valence-electron chi connectivity index (χ0n) is 37.9. The number of furan rings is 2. The van der Waals surface area contributed by atoms with E-state index in [2.05, 4.69) is 173 Å². The number of halogens is 1. The van der Waals surface area contributed by atoms with Crippen molar-refractivity contribution < 1.29 is 8.83 Å². The molecule has 15 aromatic rings. The van der Waals surface area contributed by atoms with Crippen LogP contribution in [-0.4, -0.2) is 13.7 Å². The standard InChI is InChI=1S/C38H20N4O.C25H13BrN2O/c1-40-24-14-18-36-31(20-24)28-15-17-35-37(38(28)43-36)29-10-3-5-12-33(29)42(35)26-8-6-7-25(21-26)41-32-11-4-2-9-27(32)30-19-23(22-39)13-16-34(30)41;1-27-16-9-12-23-20(14-16)18-10-11-22-24(25(18)29-23)19-7-2-3-8-21(19)28(22)17-6-4-5-15(26)13-17/h2-21H;2-14H. The van der Waals surface area contributed by atoms with Gasteiger partial charge in [0.25, 0.3) is 0 Å². The minimum Gasteiger partial charge on any atom is -0.455 e. The van der Waals surface area contributed by atoms with Crippen molar-refractivity contribution in [2.75, 3.05) is 0 Å². The van der Waals surface area contributed by atoms with Gasteiger partial charge in [-0.1, -0.05) is 94.8 Å². The fraction of sp³-hybridized carbons (Fsp3) is 0. The Labute approximate surface area is 418 Å². The first-order chi connectivity index (χ1) is 35.5. The number of rotatable bonds is 3. The van der Waals surface area contributed by atoms with Crippen LogP contribution in [0.15, 0.2) is 213 Å². The molecule has 0 fully saturated rings. The summed E-state index contributed by atoms with van der Waals surface area (Å²) in [5, 5.41) is 20.1. The summed E-state index contributed by atoms with van der Waals surface area (Å²) >= 11 is 3.60. The first kappa shape index (κ1) is 41.2. The maximum atomic E-state index is 9.56. The second-order valence-corrected chi connectivity index (χ2v) is 18.8. The highest BCUT2D eigenvalue weighted by Crippen LogP contribution is 2.44. The molecule has 9 heteroatoms. The van der Waals surface area contributed by atoms with Crippen molar-refractivity contribution in [3.05, 3.63) is 233 Å². The molecule has 0 radical (unpaired) electrons. The van der Waals surface area contributed by atoms with Crippen molar-refractivity contribution in [2.45, 2.75) is 0 Å². The average Bonchev–Trinajstić information content (AvgIpc) is 4.24. The van der Waals surface area contributed by atoms with Crippen LogP contribution >= 0.6 is 15.9 Å². The van der Waals surface area contributed by atoms with E-state index in [1.165, 1.54) is 0 Å². The molecule has 0 amide bonds. The van der Waals surface area contributed by atoms with Crippen LogP contribution in [0.1, 0.15) is 5.56 Å². The number of para-hydroxylation sites is 3. The van der Waals surface area contributed by atoms with Crippen LogP contribution in [0, 0.1) is 24.5 Å². The first-order valence-corrected chi connectivity index (χ1v) is 24.1. The van der Waals surface area contributed by atoms with Crippen LogP contribution in [0.25, 0.3) is 136 Å². The van der Waals surface area contributed by atoms with Crippen LogP contribution in [0.5, 0.6) is 0 Å². The predicted octanol–water partition coefficient (Wildman–Crippen LogP) is 18.2.